The summed E-state index contributed by atoms with van der Waals surface area (Å²) < 4.78 is 1.98. The first-order chi connectivity index (χ1) is 10.3. The summed E-state index contributed by atoms with van der Waals surface area (Å²) in [6, 6.07) is 0. The molecule has 6 nitrogen and oxygen atoms in total. The van der Waals surface area contributed by atoms with Gasteiger partial charge in [-0.05, 0) is 37.4 Å². The van der Waals surface area contributed by atoms with E-state index in [1.54, 1.807) is 0 Å². The van der Waals surface area contributed by atoms with E-state index >= 15 is 0 Å². The molecule has 1 aliphatic carbocycles. The normalized spacial score (nSPS) is 15.3. The molecular formula is C15H25N5O. The number of hydrogen-bond acceptors (Lipinski definition) is 4. The minimum Gasteiger partial charge on any atom is -0.595 e. The Balaban J connectivity index is 1.43. The van der Waals surface area contributed by atoms with Gasteiger partial charge in [-0.3, -0.25) is 4.68 Å². The fourth-order valence-electron chi connectivity index (χ4n) is 2.31. The summed E-state index contributed by atoms with van der Waals surface area (Å²) in [5.74, 6) is 0.690. The Kier molecular flexibility index (Phi) is 6.37. The van der Waals surface area contributed by atoms with Gasteiger partial charge in [0.25, 0.3) is 0 Å². The van der Waals surface area contributed by atoms with E-state index in [0.29, 0.717) is 17.3 Å². The van der Waals surface area contributed by atoms with Crippen molar-refractivity contribution in [1.82, 2.24) is 15.0 Å². The van der Waals surface area contributed by atoms with Gasteiger partial charge in [0.05, 0.1) is 5.69 Å². The highest BCUT2D eigenvalue weighted by molar-refractivity contribution is 5.08. The third kappa shape index (κ3) is 6.06. The summed E-state index contributed by atoms with van der Waals surface area (Å²) in [5, 5.41) is 23.0. The topological polar surface area (TPSA) is 69.1 Å². The Labute approximate surface area is 126 Å². The van der Waals surface area contributed by atoms with Gasteiger partial charge in [-0.1, -0.05) is 35.8 Å². The van der Waals surface area contributed by atoms with Crippen LogP contribution in [0.15, 0.2) is 24.1 Å². The summed E-state index contributed by atoms with van der Waals surface area (Å²) in [6.07, 6.45) is 12.7. The second-order valence-corrected chi connectivity index (χ2v) is 5.65. The third-order valence-corrected chi connectivity index (χ3v) is 3.74. The number of azo groups is 1. The predicted molar refractivity (Wildman–Crippen MR) is 80.8 cm³/mol. The fraction of sp³-hybridized carbons (Fsp3) is 0.733. The van der Waals surface area contributed by atoms with Crippen LogP contribution in [0.5, 0.6) is 0 Å². The number of hydroxylamine groups is 1. The lowest BCUT2D eigenvalue weighted by Crippen LogP contribution is -1.98. The molecule has 1 heterocycles. The average molecular weight is 291 g/mol. The van der Waals surface area contributed by atoms with E-state index < -0.39 is 0 Å². The van der Waals surface area contributed by atoms with Crippen LogP contribution in [-0.4, -0.2) is 26.4 Å². The summed E-state index contributed by atoms with van der Waals surface area (Å²) in [5.41, 5.74) is 1.17. The summed E-state index contributed by atoms with van der Waals surface area (Å²) in [6.45, 7) is 4.92. The van der Waals surface area contributed by atoms with Gasteiger partial charge in [0.15, 0.2) is 0 Å². The number of nitrogens with zero attached hydrogens (tertiary/aromatic N) is 5. The molecule has 0 radical (unpaired) electrons. The molecule has 1 aliphatic rings. The van der Waals surface area contributed by atoms with E-state index in [-0.39, 0.29) is 0 Å². The molecule has 0 N–H and O–H groups in total. The molecule has 0 unspecified atom stereocenters. The van der Waals surface area contributed by atoms with Gasteiger partial charge in [0.1, 0.15) is 6.54 Å². The molecule has 1 aromatic rings. The van der Waals surface area contributed by atoms with Crippen molar-refractivity contribution in [3.8, 4) is 0 Å². The first-order valence-electron chi connectivity index (χ1n) is 7.96. The van der Waals surface area contributed by atoms with Crippen LogP contribution in [0.2, 0.25) is 0 Å². The van der Waals surface area contributed by atoms with Crippen LogP contribution in [0.3, 0.4) is 0 Å². The Hall–Kier alpha value is -1.72. The van der Waals surface area contributed by atoms with Crippen molar-refractivity contribution in [2.75, 3.05) is 6.54 Å². The number of aromatic nitrogens is 3. The first kappa shape index (κ1) is 15.7. The van der Waals surface area contributed by atoms with E-state index in [4.69, 9.17) is 0 Å². The van der Waals surface area contributed by atoms with Crippen LogP contribution in [0.1, 0.15) is 63.0 Å². The van der Waals surface area contributed by atoms with Crippen molar-refractivity contribution < 1.29 is 4.86 Å². The zero-order valence-electron chi connectivity index (χ0n) is 12.7. The molecule has 0 amide bonds. The number of unbranched alkanes of at least 4 members (excludes halogenated alkanes) is 5. The largest absolute Gasteiger partial charge is 0.595 e. The monoisotopic (exact) mass is 291 g/mol. The minimum atomic E-state index is 0.536. The van der Waals surface area contributed by atoms with E-state index in [0.717, 1.165) is 25.8 Å². The van der Waals surface area contributed by atoms with Crippen LogP contribution < -0.4 is 0 Å². The minimum absolute atomic E-state index is 0.536. The molecule has 0 bridgehead atoms. The van der Waals surface area contributed by atoms with Crippen molar-refractivity contribution in [2.45, 2.75) is 63.8 Å². The highest BCUT2D eigenvalue weighted by atomic mass is 16.5. The molecule has 0 aromatic carbocycles. The van der Waals surface area contributed by atoms with Gasteiger partial charge < -0.3 is 5.21 Å². The van der Waals surface area contributed by atoms with Crippen LogP contribution in [0, 0.1) is 5.21 Å². The van der Waals surface area contributed by atoms with Gasteiger partial charge in [-0.2, -0.15) is 0 Å². The highest BCUT2D eigenvalue weighted by Crippen LogP contribution is 2.38. The van der Waals surface area contributed by atoms with E-state index in [1.165, 1.54) is 44.0 Å². The summed E-state index contributed by atoms with van der Waals surface area (Å²) in [4.78, 5) is 0.536. The van der Waals surface area contributed by atoms with Crippen molar-refractivity contribution >= 4 is 0 Å². The average Bonchev–Trinajstić information content (AvgIpc) is 3.24. The van der Waals surface area contributed by atoms with Crippen LogP contribution >= 0.6 is 0 Å². The molecule has 0 aliphatic heterocycles. The summed E-state index contributed by atoms with van der Waals surface area (Å²) in [7, 11) is 0. The van der Waals surface area contributed by atoms with Gasteiger partial charge in [0, 0.05) is 18.7 Å². The number of hydrogen-bond donors (Lipinski definition) is 0. The maximum absolute atomic E-state index is 10.8. The Morgan fingerprint density at radius 3 is 2.71 bits per heavy atom. The second-order valence-electron chi connectivity index (χ2n) is 5.65. The summed E-state index contributed by atoms with van der Waals surface area (Å²) >= 11 is 0. The molecular weight excluding hydrogens is 266 g/mol. The number of rotatable bonds is 11. The lowest BCUT2D eigenvalue weighted by atomic mass is 10.1. The van der Waals surface area contributed by atoms with E-state index in [1.807, 2.05) is 4.68 Å². The zero-order chi connectivity index (χ0) is 14.9. The van der Waals surface area contributed by atoms with Crippen molar-refractivity contribution in [2.24, 2.45) is 5.11 Å². The Morgan fingerprint density at radius 1 is 1.29 bits per heavy atom. The molecule has 21 heavy (non-hydrogen) atoms. The predicted octanol–water partition coefficient (Wildman–Crippen LogP) is 3.60. The molecule has 1 aromatic heterocycles. The Morgan fingerprint density at radius 2 is 2.00 bits per heavy atom. The first-order valence-corrected chi connectivity index (χ1v) is 7.96. The smallest absolute Gasteiger partial charge is 0.202 e. The standard InChI is InChI=1S/C15H25N5O/c1-2-20(21)16-11-7-5-3-4-6-8-12-19-13-15(17-18-19)14-9-10-14/h2,13-14H,1,3-12H2. The third-order valence-electron chi connectivity index (χ3n) is 3.74. The van der Waals surface area contributed by atoms with Crippen molar-refractivity contribution in [3.05, 3.63) is 29.9 Å². The zero-order valence-corrected chi connectivity index (χ0v) is 12.7. The highest BCUT2D eigenvalue weighted by Gasteiger charge is 2.26. The van der Waals surface area contributed by atoms with Crippen molar-refractivity contribution in [1.29, 1.82) is 0 Å². The molecule has 6 heteroatoms. The number of aryl methyl sites for hydroxylation is 1. The van der Waals surface area contributed by atoms with E-state index in [2.05, 4.69) is 28.2 Å². The van der Waals surface area contributed by atoms with Crippen LogP contribution in [0.25, 0.3) is 0 Å². The van der Waals surface area contributed by atoms with E-state index in [9.17, 15) is 5.21 Å². The van der Waals surface area contributed by atoms with Gasteiger partial charge >= 0.3 is 0 Å². The maximum atomic E-state index is 10.8. The molecule has 0 saturated heterocycles. The molecule has 1 saturated carbocycles. The van der Waals surface area contributed by atoms with Crippen LogP contribution in [0.4, 0.5) is 0 Å². The van der Waals surface area contributed by atoms with Crippen molar-refractivity contribution in [3.63, 3.8) is 0 Å². The molecule has 0 atom stereocenters. The fourth-order valence-corrected chi connectivity index (χ4v) is 2.31. The van der Waals surface area contributed by atoms with Gasteiger partial charge in [-0.25, -0.2) is 0 Å². The lowest BCUT2D eigenvalue weighted by molar-refractivity contribution is -0.458. The second kappa shape index (κ2) is 8.54. The SMILES string of the molecule is C=C[N+]([O-])=NCCCCCCCCn1cc(C2CC2)nn1. The quantitative estimate of drug-likeness (QED) is 0.271. The molecule has 2 rings (SSSR count). The Bertz CT molecular complexity index is 464. The van der Waals surface area contributed by atoms with Gasteiger partial charge in [0.2, 0.25) is 6.20 Å². The molecule has 0 spiro atoms. The lowest BCUT2D eigenvalue weighted by Gasteiger charge is -2.01. The molecule has 116 valence electrons. The molecule has 1 fully saturated rings. The van der Waals surface area contributed by atoms with Crippen LogP contribution in [-0.2, 0) is 6.54 Å². The maximum Gasteiger partial charge on any atom is 0.202 e. The van der Waals surface area contributed by atoms with Gasteiger partial charge in [-0.15, -0.1) is 5.10 Å².